The van der Waals surface area contributed by atoms with Crippen LogP contribution in [0.25, 0.3) is 10.9 Å². The molecule has 0 unspecified atom stereocenters. The number of fused-ring (bicyclic) bond motifs is 1. The lowest BCUT2D eigenvalue weighted by atomic mass is 10.0. The predicted octanol–water partition coefficient (Wildman–Crippen LogP) is 3.95. The minimum absolute atomic E-state index is 0.0136. The van der Waals surface area contributed by atoms with Crippen LogP contribution < -0.4 is 5.32 Å². The molecule has 25 heavy (non-hydrogen) atoms. The Bertz CT molecular complexity index is 943. The Morgan fingerprint density at radius 2 is 1.92 bits per heavy atom. The van der Waals surface area contributed by atoms with Gasteiger partial charge in [0.1, 0.15) is 0 Å². The van der Waals surface area contributed by atoms with Crippen molar-refractivity contribution in [3.05, 3.63) is 65.4 Å². The number of aromatic nitrogens is 1. The fraction of sp³-hybridized carbons (Fsp3) is 0.200. The summed E-state index contributed by atoms with van der Waals surface area (Å²) >= 11 is 0. The van der Waals surface area contributed by atoms with Crippen molar-refractivity contribution in [3.8, 4) is 0 Å². The summed E-state index contributed by atoms with van der Waals surface area (Å²) in [5, 5.41) is 4.11. The second-order valence-corrected chi connectivity index (χ2v) is 6.00. The minimum Gasteiger partial charge on any atom is -0.465 e. The number of aryl methyl sites for hydroxylation is 1. The summed E-state index contributed by atoms with van der Waals surface area (Å²) < 4.78 is 4.75. The number of anilines is 1. The van der Waals surface area contributed by atoms with E-state index in [0.717, 1.165) is 22.2 Å². The van der Waals surface area contributed by atoms with Crippen LogP contribution >= 0.6 is 0 Å². The molecule has 0 radical (unpaired) electrons. The van der Waals surface area contributed by atoms with Crippen LogP contribution in [0.2, 0.25) is 0 Å². The molecule has 1 heterocycles. The first-order valence-electron chi connectivity index (χ1n) is 8.07. The molecule has 0 aliphatic carbocycles. The number of carbonyl (C=O) groups is 2. The molecular formula is C20H20N2O3. The lowest BCUT2D eigenvalue weighted by Gasteiger charge is -2.16. The topological polar surface area (TPSA) is 71.2 Å². The van der Waals surface area contributed by atoms with Gasteiger partial charge in [-0.25, -0.2) is 4.79 Å². The number of para-hydroxylation sites is 1. The normalized spacial score (nSPS) is 12.0. The molecule has 5 heteroatoms. The fourth-order valence-corrected chi connectivity index (χ4v) is 2.83. The number of hydrogen-bond acceptors (Lipinski definition) is 4. The number of rotatable bonds is 5. The van der Waals surface area contributed by atoms with E-state index in [1.54, 1.807) is 18.3 Å². The zero-order chi connectivity index (χ0) is 18.0. The van der Waals surface area contributed by atoms with E-state index < -0.39 is 12.0 Å². The van der Waals surface area contributed by atoms with Crippen LogP contribution in [0.15, 0.2) is 48.7 Å². The molecule has 2 aromatic carbocycles. The number of aromatic amines is 1. The van der Waals surface area contributed by atoms with Gasteiger partial charge in [-0.3, -0.25) is 4.79 Å². The van der Waals surface area contributed by atoms with E-state index in [1.807, 2.05) is 44.2 Å². The zero-order valence-electron chi connectivity index (χ0n) is 14.4. The van der Waals surface area contributed by atoms with E-state index in [9.17, 15) is 9.59 Å². The van der Waals surface area contributed by atoms with Gasteiger partial charge in [-0.2, -0.15) is 0 Å². The minimum atomic E-state index is -0.439. The maximum Gasteiger partial charge on any atom is 0.337 e. The van der Waals surface area contributed by atoms with Gasteiger partial charge in [0.2, 0.25) is 0 Å². The van der Waals surface area contributed by atoms with Crippen molar-refractivity contribution in [1.29, 1.82) is 0 Å². The summed E-state index contributed by atoms with van der Waals surface area (Å²) in [6.07, 6.45) is 1.74. The van der Waals surface area contributed by atoms with Crippen molar-refractivity contribution in [2.24, 2.45) is 0 Å². The number of H-pyrrole nitrogens is 1. The summed E-state index contributed by atoms with van der Waals surface area (Å²) in [5.41, 5.74) is 3.72. The van der Waals surface area contributed by atoms with Gasteiger partial charge >= 0.3 is 5.97 Å². The monoisotopic (exact) mass is 336 g/mol. The van der Waals surface area contributed by atoms with Crippen molar-refractivity contribution in [2.45, 2.75) is 19.9 Å². The molecule has 0 spiro atoms. The Morgan fingerprint density at radius 1 is 1.16 bits per heavy atom. The Balaban J connectivity index is 1.85. The van der Waals surface area contributed by atoms with E-state index >= 15 is 0 Å². The molecule has 5 nitrogen and oxygen atoms in total. The van der Waals surface area contributed by atoms with Crippen LogP contribution in [0.1, 0.15) is 33.2 Å². The van der Waals surface area contributed by atoms with Gasteiger partial charge in [0.05, 0.1) is 18.7 Å². The quantitative estimate of drug-likeness (QED) is 0.547. The average molecular weight is 336 g/mol. The molecule has 0 bridgehead atoms. The molecule has 128 valence electrons. The third-order valence-corrected chi connectivity index (χ3v) is 4.28. The van der Waals surface area contributed by atoms with Crippen LogP contribution in [-0.2, 0) is 4.74 Å². The number of carbonyl (C=O) groups excluding carboxylic acids is 2. The van der Waals surface area contributed by atoms with Crippen LogP contribution in [0.4, 0.5) is 5.69 Å². The van der Waals surface area contributed by atoms with Crippen molar-refractivity contribution in [3.63, 3.8) is 0 Å². The van der Waals surface area contributed by atoms with E-state index in [4.69, 9.17) is 4.74 Å². The summed E-state index contributed by atoms with van der Waals surface area (Å²) in [4.78, 5) is 27.7. The van der Waals surface area contributed by atoms with Crippen LogP contribution in [0, 0.1) is 6.92 Å². The number of ketones is 1. The molecular weight excluding hydrogens is 316 g/mol. The Morgan fingerprint density at radius 3 is 2.68 bits per heavy atom. The number of benzene rings is 2. The Labute approximate surface area is 146 Å². The van der Waals surface area contributed by atoms with Gasteiger partial charge in [-0.15, -0.1) is 0 Å². The molecule has 2 N–H and O–H groups in total. The van der Waals surface area contributed by atoms with E-state index in [0.29, 0.717) is 11.1 Å². The highest BCUT2D eigenvalue weighted by Gasteiger charge is 2.19. The van der Waals surface area contributed by atoms with Crippen molar-refractivity contribution in [1.82, 2.24) is 4.98 Å². The van der Waals surface area contributed by atoms with Crippen molar-refractivity contribution >= 4 is 28.3 Å². The molecule has 0 saturated carbocycles. The second-order valence-electron chi connectivity index (χ2n) is 6.00. The summed E-state index contributed by atoms with van der Waals surface area (Å²) in [6.45, 7) is 3.74. The number of ether oxygens (including phenoxy) is 1. The highest BCUT2D eigenvalue weighted by Crippen LogP contribution is 2.22. The van der Waals surface area contributed by atoms with Gasteiger partial charge in [-0.1, -0.05) is 24.3 Å². The van der Waals surface area contributed by atoms with Crippen LogP contribution in [0.5, 0.6) is 0 Å². The summed E-state index contributed by atoms with van der Waals surface area (Å²) in [5.74, 6) is -0.418. The standard InChI is InChI=1S/C20H20N2O3/c1-12-8-9-14(20(24)25-3)10-18(12)22-13(2)19(23)16-11-21-17-7-5-4-6-15(16)17/h4-11,13,21-22H,1-3H3/t13-/m0/s1. The van der Waals surface area contributed by atoms with E-state index in [-0.39, 0.29) is 5.78 Å². The molecule has 3 aromatic rings. The average Bonchev–Trinajstić information content (AvgIpc) is 3.06. The second kappa shape index (κ2) is 6.81. The molecule has 3 rings (SSSR count). The first-order chi connectivity index (χ1) is 12.0. The Kier molecular flexibility index (Phi) is 4.57. The smallest absolute Gasteiger partial charge is 0.337 e. The maximum absolute atomic E-state index is 12.8. The number of Topliss-reactive ketones (excluding diaryl/α,β-unsaturated/α-hetero) is 1. The third kappa shape index (κ3) is 3.26. The molecule has 1 atom stereocenters. The largest absolute Gasteiger partial charge is 0.465 e. The van der Waals surface area contributed by atoms with Gasteiger partial charge in [0, 0.05) is 28.4 Å². The molecule has 1 aromatic heterocycles. The third-order valence-electron chi connectivity index (χ3n) is 4.28. The number of esters is 1. The molecule has 0 saturated heterocycles. The highest BCUT2D eigenvalue weighted by molar-refractivity contribution is 6.11. The molecule has 0 aliphatic heterocycles. The summed E-state index contributed by atoms with van der Waals surface area (Å²) in [7, 11) is 1.35. The lowest BCUT2D eigenvalue weighted by Crippen LogP contribution is -2.26. The van der Waals surface area contributed by atoms with Gasteiger partial charge in [0.25, 0.3) is 0 Å². The van der Waals surface area contributed by atoms with Crippen LogP contribution in [0.3, 0.4) is 0 Å². The highest BCUT2D eigenvalue weighted by atomic mass is 16.5. The first-order valence-corrected chi connectivity index (χ1v) is 8.07. The van der Waals surface area contributed by atoms with Gasteiger partial charge < -0.3 is 15.0 Å². The lowest BCUT2D eigenvalue weighted by molar-refractivity contribution is 0.0600. The fourth-order valence-electron chi connectivity index (χ4n) is 2.83. The van der Waals surface area contributed by atoms with E-state index in [1.165, 1.54) is 7.11 Å². The SMILES string of the molecule is COC(=O)c1ccc(C)c(N[C@@H](C)C(=O)c2c[nH]c3ccccc23)c1. The maximum atomic E-state index is 12.8. The number of methoxy groups -OCH3 is 1. The molecule has 0 aliphatic rings. The number of nitrogens with one attached hydrogen (secondary N) is 2. The summed E-state index contributed by atoms with van der Waals surface area (Å²) in [6, 6.07) is 12.5. The number of hydrogen-bond donors (Lipinski definition) is 2. The molecule has 0 fully saturated rings. The van der Waals surface area contributed by atoms with Gasteiger partial charge in [0.15, 0.2) is 5.78 Å². The van der Waals surface area contributed by atoms with Crippen molar-refractivity contribution in [2.75, 3.05) is 12.4 Å². The van der Waals surface area contributed by atoms with Crippen LogP contribution in [-0.4, -0.2) is 29.9 Å². The predicted molar refractivity (Wildman–Crippen MR) is 98.2 cm³/mol. The molecule has 0 amide bonds. The zero-order valence-corrected chi connectivity index (χ0v) is 14.4. The van der Waals surface area contributed by atoms with Gasteiger partial charge in [-0.05, 0) is 37.6 Å². The Hall–Kier alpha value is -3.08. The van der Waals surface area contributed by atoms with Crippen molar-refractivity contribution < 1.29 is 14.3 Å². The first kappa shape index (κ1) is 16.8. The van der Waals surface area contributed by atoms with E-state index in [2.05, 4.69) is 10.3 Å².